The van der Waals surface area contributed by atoms with E-state index in [9.17, 15) is 0 Å². The average molecular weight is 296 g/mol. The Morgan fingerprint density at radius 2 is 2.29 bits per heavy atom. The lowest BCUT2D eigenvalue weighted by Crippen LogP contribution is -2.19. The highest BCUT2D eigenvalue weighted by Crippen LogP contribution is 2.25. The van der Waals surface area contributed by atoms with E-state index in [4.69, 9.17) is 5.73 Å². The molecule has 1 unspecified atom stereocenters. The van der Waals surface area contributed by atoms with Gasteiger partial charge in [0.25, 0.3) is 0 Å². The molecule has 5 nitrogen and oxygen atoms in total. The molecule has 0 aromatic carbocycles. The number of aryl methyl sites for hydroxylation is 2. The zero-order valence-electron chi connectivity index (χ0n) is 9.76. The Labute approximate surface area is 108 Å². The fourth-order valence-corrected chi connectivity index (χ4v) is 2.40. The van der Waals surface area contributed by atoms with Crippen molar-refractivity contribution in [1.29, 1.82) is 0 Å². The molecule has 2 N–H and O–H groups in total. The van der Waals surface area contributed by atoms with Crippen LogP contribution >= 0.6 is 15.9 Å². The molecule has 0 amide bonds. The summed E-state index contributed by atoms with van der Waals surface area (Å²) in [5.41, 5.74) is 9.10. The van der Waals surface area contributed by atoms with Crippen LogP contribution in [0.2, 0.25) is 0 Å². The molecule has 0 radical (unpaired) electrons. The first kappa shape index (κ1) is 12.2. The number of aromatic nitrogens is 4. The van der Waals surface area contributed by atoms with Gasteiger partial charge in [-0.15, -0.1) is 5.10 Å². The molecule has 0 bridgehead atoms. The lowest BCUT2D eigenvalue weighted by Gasteiger charge is -2.14. The number of nitrogens with two attached hydrogens (primary N) is 1. The van der Waals surface area contributed by atoms with E-state index in [1.54, 1.807) is 10.9 Å². The Balaban J connectivity index is 2.47. The van der Waals surface area contributed by atoms with E-state index in [1.807, 2.05) is 19.2 Å². The molecule has 2 aromatic heterocycles. The summed E-state index contributed by atoms with van der Waals surface area (Å²) in [5.74, 6) is 0. The predicted octanol–water partition coefficient (Wildman–Crippen LogP) is 1.58. The van der Waals surface area contributed by atoms with Gasteiger partial charge in [0.05, 0.1) is 17.4 Å². The van der Waals surface area contributed by atoms with Gasteiger partial charge in [0.1, 0.15) is 0 Å². The number of halogens is 1. The average Bonchev–Trinajstić information content (AvgIpc) is 2.68. The number of nitrogens with zero attached hydrogens (tertiary/aromatic N) is 4. The van der Waals surface area contributed by atoms with E-state index >= 15 is 0 Å². The van der Waals surface area contributed by atoms with Gasteiger partial charge in [-0.05, 0) is 34.0 Å². The van der Waals surface area contributed by atoms with Crippen LogP contribution in [0.4, 0.5) is 0 Å². The fraction of sp³-hybridized carbons (Fsp3) is 0.364. The molecule has 0 aliphatic carbocycles. The molecule has 1 atom stereocenters. The molecular weight excluding hydrogens is 282 g/mol. The SMILES string of the molecule is CCc1cccnc1C(N)c1c(Br)nnn1C. The van der Waals surface area contributed by atoms with Crippen LogP contribution in [0.1, 0.15) is 29.9 Å². The number of pyridine rings is 1. The largest absolute Gasteiger partial charge is 0.318 e. The summed E-state index contributed by atoms with van der Waals surface area (Å²) in [5, 5.41) is 7.87. The van der Waals surface area contributed by atoms with Gasteiger partial charge < -0.3 is 5.73 Å². The van der Waals surface area contributed by atoms with E-state index in [1.165, 1.54) is 0 Å². The van der Waals surface area contributed by atoms with E-state index in [0.29, 0.717) is 4.60 Å². The number of hydrogen-bond acceptors (Lipinski definition) is 4. The Morgan fingerprint density at radius 3 is 2.88 bits per heavy atom. The third-order valence-electron chi connectivity index (χ3n) is 2.72. The van der Waals surface area contributed by atoms with Gasteiger partial charge in [-0.3, -0.25) is 4.98 Å². The Kier molecular flexibility index (Phi) is 3.54. The van der Waals surface area contributed by atoms with Crippen molar-refractivity contribution >= 4 is 15.9 Å². The van der Waals surface area contributed by atoms with Gasteiger partial charge in [0.15, 0.2) is 4.60 Å². The topological polar surface area (TPSA) is 69.6 Å². The highest BCUT2D eigenvalue weighted by molar-refractivity contribution is 9.10. The maximum atomic E-state index is 6.25. The van der Waals surface area contributed by atoms with Crippen LogP contribution in [0.3, 0.4) is 0 Å². The van der Waals surface area contributed by atoms with Crippen molar-refractivity contribution in [2.45, 2.75) is 19.4 Å². The summed E-state index contributed by atoms with van der Waals surface area (Å²) in [6, 6.07) is 3.64. The maximum absolute atomic E-state index is 6.25. The van der Waals surface area contributed by atoms with E-state index in [-0.39, 0.29) is 6.04 Å². The zero-order chi connectivity index (χ0) is 12.4. The van der Waals surface area contributed by atoms with Crippen molar-refractivity contribution in [3.63, 3.8) is 0 Å². The molecular formula is C11H14BrN5. The van der Waals surface area contributed by atoms with Crippen LogP contribution in [0.15, 0.2) is 22.9 Å². The molecule has 0 aliphatic rings. The summed E-state index contributed by atoms with van der Waals surface area (Å²) in [6.07, 6.45) is 2.66. The van der Waals surface area contributed by atoms with Crippen LogP contribution in [-0.4, -0.2) is 20.0 Å². The molecule has 90 valence electrons. The Morgan fingerprint density at radius 1 is 1.53 bits per heavy atom. The molecule has 2 rings (SSSR count). The summed E-state index contributed by atoms with van der Waals surface area (Å²) in [7, 11) is 1.82. The first-order chi connectivity index (χ1) is 8.15. The molecule has 2 heterocycles. The minimum absolute atomic E-state index is 0.319. The minimum Gasteiger partial charge on any atom is -0.318 e. The Hall–Kier alpha value is -1.27. The smallest absolute Gasteiger partial charge is 0.153 e. The van der Waals surface area contributed by atoms with Gasteiger partial charge >= 0.3 is 0 Å². The van der Waals surface area contributed by atoms with Crippen molar-refractivity contribution in [3.05, 3.63) is 39.9 Å². The second-order valence-electron chi connectivity index (χ2n) is 3.77. The quantitative estimate of drug-likeness (QED) is 0.933. The minimum atomic E-state index is -0.319. The highest BCUT2D eigenvalue weighted by Gasteiger charge is 2.21. The number of hydrogen-bond donors (Lipinski definition) is 1. The van der Waals surface area contributed by atoms with E-state index in [2.05, 4.69) is 38.1 Å². The molecule has 2 aromatic rings. The van der Waals surface area contributed by atoms with Crippen molar-refractivity contribution < 1.29 is 0 Å². The van der Waals surface area contributed by atoms with E-state index in [0.717, 1.165) is 23.4 Å². The highest BCUT2D eigenvalue weighted by atomic mass is 79.9. The van der Waals surface area contributed by atoms with Crippen LogP contribution in [0.5, 0.6) is 0 Å². The molecule has 0 fully saturated rings. The Bertz CT molecular complexity index is 503. The van der Waals surface area contributed by atoms with Crippen molar-refractivity contribution in [2.75, 3.05) is 0 Å². The van der Waals surface area contributed by atoms with Crippen molar-refractivity contribution in [1.82, 2.24) is 20.0 Å². The lowest BCUT2D eigenvalue weighted by atomic mass is 10.0. The summed E-state index contributed by atoms with van der Waals surface area (Å²) in [6.45, 7) is 2.09. The molecule has 0 spiro atoms. The second-order valence-corrected chi connectivity index (χ2v) is 4.52. The van der Waals surface area contributed by atoms with Crippen LogP contribution < -0.4 is 5.73 Å². The third kappa shape index (κ3) is 2.23. The molecule has 0 aliphatic heterocycles. The summed E-state index contributed by atoms with van der Waals surface area (Å²) >= 11 is 3.36. The third-order valence-corrected chi connectivity index (χ3v) is 3.29. The zero-order valence-corrected chi connectivity index (χ0v) is 11.3. The normalized spacial score (nSPS) is 12.7. The van der Waals surface area contributed by atoms with E-state index < -0.39 is 0 Å². The van der Waals surface area contributed by atoms with Gasteiger partial charge in [-0.2, -0.15) is 0 Å². The number of rotatable bonds is 3. The maximum Gasteiger partial charge on any atom is 0.153 e. The van der Waals surface area contributed by atoms with Gasteiger partial charge in [-0.25, -0.2) is 4.68 Å². The monoisotopic (exact) mass is 295 g/mol. The van der Waals surface area contributed by atoms with Crippen LogP contribution in [-0.2, 0) is 13.5 Å². The lowest BCUT2D eigenvalue weighted by molar-refractivity contribution is 0.641. The molecule has 0 saturated heterocycles. The molecule has 17 heavy (non-hydrogen) atoms. The van der Waals surface area contributed by atoms with Gasteiger partial charge in [0, 0.05) is 13.2 Å². The molecule has 0 saturated carbocycles. The predicted molar refractivity (Wildman–Crippen MR) is 68.3 cm³/mol. The summed E-state index contributed by atoms with van der Waals surface area (Å²) < 4.78 is 2.34. The second kappa shape index (κ2) is 4.93. The van der Waals surface area contributed by atoms with Crippen LogP contribution in [0.25, 0.3) is 0 Å². The van der Waals surface area contributed by atoms with Crippen molar-refractivity contribution in [3.8, 4) is 0 Å². The standard InChI is InChI=1S/C11H14BrN5/c1-3-7-5-4-6-14-9(7)8(13)10-11(12)15-16-17(10)2/h4-6,8H,3,13H2,1-2H3. The van der Waals surface area contributed by atoms with Crippen molar-refractivity contribution in [2.24, 2.45) is 12.8 Å². The van der Waals surface area contributed by atoms with Gasteiger partial charge in [0.2, 0.25) is 0 Å². The summed E-state index contributed by atoms with van der Waals surface area (Å²) in [4.78, 5) is 4.37. The fourth-order valence-electron chi connectivity index (χ4n) is 1.83. The van der Waals surface area contributed by atoms with Gasteiger partial charge in [-0.1, -0.05) is 18.2 Å². The first-order valence-corrected chi connectivity index (χ1v) is 6.18. The molecule has 6 heteroatoms. The first-order valence-electron chi connectivity index (χ1n) is 5.39. The van der Waals surface area contributed by atoms with Crippen LogP contribution in [0, 0.1) is 0 Å².